The van der Waals surface area contributed by atoms with Gasteiger partial charge in [-0.2, -0.15) is 0 Å². The van der Waals surface area contributed by atoms with Crippen molar-refractivity contribution in [3.8, 4) is 0 Å². The smallest absolute Gasteiger partial charge is 0.167 e. The maximum absolute atomic E-state index is 14.2. The molecule has 2 unspecified atom stereocenters. The van der Waals surface area contributed by atoms with Crippen molar-refractivity contribution in [3.63, 3.8) is 0 Å². The lowest BCUT2D eigenvalue weighted by molar-refractivity contribution is -0.159. The van der Waals surface area contributed by atoms with Gasteiger partial charge in [-0.15, -0.1) is 0 Å². The number of rotatable bonds is 2. The standard InChI is InChI=1S/C38H58O3/c1-35-17-7-5-10-24(35)12-14-26-27(35)15-19-37(3)30(26)22-32(33(37)40)41-34-31(39)21-29-25-13-11-23-9-6-8-18-36(23,2)28(25)16-20-38(29,34)4/h23-30,32,34H,5-22H2,1-4H3/t23?,24?,25-,26-,27+,28+,29+,30+,32+,34+,35+,36+,37+,38+/m1/s1. The quantitative estimate of drug-likeness (QED) is 0.337. The van der Waals surface area contributed by atoms with Gasteiger partial charge < -0.3 is 4.74 Å². The van der Waals surface area contributed by atoms with Crippen molar-refractivity contribution < 1.29 is 14.3 Å². The predicted octanol–water partition coefficient (Wildman–Crippen LogP) is 8.96. The number of fused-ring (bicyclic) bond motifs is 10. The van der Waals surface area contributed by atoms with Crippen molar-refractivity contribution in [2.24, 2.45) is 69.0 Å². The van der Waals surface area contributed by atoms with E-state index < -0.39 is 0 Å². The highest BCUT2D eigenvalue weighted by Crippen LogP contribution is 2.68. The fourth-order valence-corrected chi connectivity index (χ4v) is 14.6. The second-order valence-corrected chi connectivity index (χ2v) is 18.1. The third-order valence-electron chi connectivity index (χ3n) is 16.9. The predicted molar refractivity (Wildman–Crippen MR) is 162 cm³/mol. The van der Waals surface area contributed by atoms with Gasteiger partial charge in [0.25, 0.3) is 0 Å². The molecular formula is C38H58O3. The van der Waals surface area contributed by atoms with E-state index in [0.717, 1.165) is 42.9 Å². The van der Waals surface area contributed by atoms with E-state index in [9.17, 15) is 9.59 Å². The van der Waals surface area contributed by atoms with Gasteiger partial charge in [0.15, 0.2) is 11.6 Å². The van der Waals surface area contributed by atoms with Gasteiger partial charge in [0.2, 0.25) is 0 Å². The van der Waals surface area contributed by atoms with Crippen LogP contribution in [0.15, 0.2) is 0 Å². The van der Waals surface area contributed by atoms with E-state index in [0.29, 0.717) is 52.5 Å². The van der Waals surface area contributed by atoms with Crippen molar-refractivity contribution >= 4 is 11.6 Å². The molecule has 41 heavy (non-hydrogen) atoms. The highest BCUT2D eigenvalue weighted by atomic mass is 16.5. The summed E-state index contributed by atoms with van der Waals surface area (Å²) in [5.41, 5.74) is 0.651. The Morgan fingerprint density at radius 1 is 0.585 bits per heavy atom. The maximum Gasteiger partial charge on any atom is 0.167 e. The average molecular weight is 563 g/mol. The fourth-order valence-electron chi connectivity index (χ4n) is 14.6. The summed E-state index contributed by atoms with van der Waals surface area (Å²) in [6, 6.07) is 0. The topological polar surface area (TPSA) is 43.4 Å². The van der Waals surface area contributed by atoms with Crippen molar-refractivity contribution in [2.45, 2.75) is 155 Å². The Bertz CT molecular complexity index is 1100. The average Bonchev–Trinajstić information content (AvgIpc) is 3.37. The fraction of sp³-hybridized carbons (Fsp3) is 0.947. The van der Waals surface area contributed by atoms with E-state index in [1.165, 1.54) is 89.9 Å². The van der Waals surface area contributed by atoms with E-state index in [-0.39, 0.29) is 23.0 Å². The van der Waals surface area contributed by atoms with Gasteiger partial charge in [-0.25, -0.2) is 0 Å². The van der Waals surface area contributed by atoms with E-state index >= 15 is 0 Å². The first-order valence-corrected chi connectivity index (χ1v) is 18.3. The summed E-state index contributed by atoms with van der Waals surface area (Å²) in [6.45, 7) is 9.94. The molecule has 0 spiro atoms. The van der Waals surface area contributed by atoms with Gasteiger partial charge in [-0.3, -0.25) is 9.59 Å². The third kappa shape index (κ3) is 3.72. The Labute approximate surface area is 250 Å². The Morgan fingerprint density at radius 2 is 1.17 bits per heavy atom. The highest BCUT2D eigenvalue weighted by Gasteiger charge is 2.66. The van der Waals surface area contributed by atoms with Gasteiger partial charge in [0.1, 0.15) is 12.2 Å². The van der Waals surface area contributed by atoms with Crippen LogP contribution in [0.4, 0.5) is 0 Å². The molecule has 0 radical (unpaired) electrons. The molecule has 0 N–H and O–H groups in total. The molecule has 8 rings (SSSR count). The number of Topliss-reactive ketones (excluding diaryl/α,β-unsaturated/α-hetero) is 2. The van der Waals surface area contributed by atoms with E-state index in [4.69, 9.17) is 4.74 Å². The zero-order valence-electron chi connectivity index (χ0n) is 26.7. The summed E-state index contributed by atoms with van der Waals surface area (Å²) >= 11 is 0. The van der Waals surface area contributed by atoms with Crippen LogP contribution in [0.25, 0.3) is 0 Å². The summed E-state index contributed by atoms with van der Waals surface area (Å²) in [5.74, 6) is 6.33. The third-order valence-corrected chi connectivity index (χ3v) is 16.9. The molecule has 0 aromatic rings. The van der Waals surface area contributed by atoms with Crippen molar-refractivity contribution in [2.75, 3.05) is 0 Å². The summed E-state index contributed by atoms with van der Waals surface area (Å²) in [6.07, 6.45) is 22.2. The lowest BCUT2D eigenvalue weighted by Gasteiger charge is -2.60. The van der Waals surface area contributed by atoms with E-state index in [2.05, 4.69) is 27.7 Å². The summed E-state index contributed by atoms with van der Waals surface area (Å²) in [4.78, 5) is 28.1. The second kappa shape index (κ2) is 9.40. The molecule has 8 saturated carbocycles. The summed E-state index contributed by atoms with van der Waals surface area (Å²) < 4.78 is 6.95. The number of carbonyl (C=O) groups excluding carboxylic acids is 2. The molecule has 0 aliphatic heterocycles. The van der Waals surface area contributed by atoms with E-state index in [1.807, 2.05) is 0 Å². The largest absolute Gasteiger partial charge is 0.359 e. The number of ether oxygens (including phenoxy) is 1. The Morgan fingerprint density at radius 3 is 1.80 bits per heavy atom. The monoisotopic (exact) mass is 562 g/mol. The SMILES string of the molecule is C[C@]12CC[C@H]3[C@@H](CCC4CCCC[C@@]43C)[C@@H]1CC(=O)[C@@H]2O[C@H]1C[C@H]2[C@@H]3CCC4CCCC[C@]4(C)[C@H]3CC[C@]2(C)C1=O. The minimum Gasteiger partial charge on any atom is -0.359 e. The van der Waals surface area contributed by atoms with Crippen LogP contribution >= 0.6 is 0 Å². The Balaban J connectivity index is 1.02. The molecule has 3 nitrogen and oxygen atoms in total. The number of hydrogen-bond donors (Lipinski definition) is 0. The molecule has 0 aromatic carbocycles. The van der Waals surface area contributed by atoms with Crippen LogP contribution in [0.5, 0.6) is 0 Å². The van der Waals surface area contributed by atoms with Crippen LogP contribution in [0.3, 0.4) is 0 Å². The number of hydrogen-bond acceptors (Lipinski definition) is 3. The normalized spacial score (nSPS) is 58.0. The first kappa shape index (κ1) is 27.8. The van der Waals surface area contributed by atoms with Gasteiger partial charge in [-0.05, 0) is 142 Å². The molecule has 14 atom stereocenters. The molecule has 8 aliphatic carbocycles. The zero-order chi connectivity index (χ0) is 28.4. The molecular weight excluding hydrogens is 504 g/mol. The van der Waals surface area contributed by atoms with Gasteiger partial charge >= 0.3 is 0 Å². The molecule has 0 amide bonds. The highest BCUT2D eigenvalue weighted by molar-refractivity contribution is 5.92. The minimum atomic E-state index is -0.356. The summed E-state index contributed by atoms with van der Waals surface area (Å²) in [7, 11) is 0. The molecule has 0 bridgehead atoms. The maximum atomic E-state index is 14.2. The van der Waals surface area contributed by atoms with Gasteiger partial charge in [0.05, 0.1) is 0 Å². The number of ketones is 2. The van der Waals surface area contributed by atoms with Crippen LogP contribution in [-0.2, 0) is 14.3 Å². The minimum absolute atomic E-state index is 0.0821. The van der Waals surface area contributed by atoms with Gasteiger partial charge in [0, 0.05) is 17.3 Å². The lowest BCUT2D eigenvalue weighted by Crippen LogP contribution is -2.54. The van der Waals surface area contributed by atoms with Crippen LogP contribution in [0.2, 0.25) is 0 Å². The van der Waals surface area contributed by atoms with Crippen LogP contribution < -0.4 is 0 Å². The molecule has 228 valence electrons. The second-order valence-electron chi connectivity index (χ2n) is 18.1. The van der Waals surface area contributed by atoms with Crippen molar-refractivity contribution in [1.82, 2.24) is 0 Å². The van der Waals surface area contributed by atoms with Crippen LogP contribution in [0, 0.1) is 69.0 Å². The van der Waals surface area contributed by atoms with Crippen molar-refractivity contribution in [1.29, 1.82) is 0 Å². The Hall–Kier alpha value is -0.700. The van der Waals surface area contributed by atoms with Crippen LogP contribution in [0.1, 0.15) is 143 Å². The first-order valence-electron chi connectivity index (χ1n) is 18.3. The molecule has 0 aromatic heterocycles. The lowest BCUT2D eigenvalue weighted by atomic mass is 9.45. The number of carbonyl (C=O) groups is 2. The molecule has 3 heteroatoms. The van der Waals surface area contributed by atoms with Crippen LogP contribution in [-0.4, -0.2) is 23.8 Å². The molecule has 8 fully saturated rings. The first-order chi connectivity index (χ1) is 19.6. The molecule has 0 saturated heterocycles. The molecule has 8 aliphatic rings. The zero-order valence-corrected chi connectivity index (χ0v) is 26.7. The Kier molecular flexibility index (Phi) is 6.38. The summed E-state index contributed by atoms with van der Waals surface area (Å²) in [5, 5.41) is 0. The van der Waals surface area contributed by atoms with E-state index in [1.54, 1.807) is 0 Å². The molecule has 0 heterocycles. The van der Waals surface area contributed by atoms with Gasteiger partial charge in [-0.1, -0.05) is 53.4 Å². The van der Waals surface area contributed by atoms with Crippen molar-refractivity contribution in [3.05, 3.63) is 0 Å².